The lowest BCUT2D eigenvalue weighted by Gasteiger charge is -2.07. The quantitative estimate of drug-likeness (QED) is 0.298. The average molecular weight is 293 g/mol. The zero-order valence-electron chi connectivity index (χ0n) is 14.3. The fraction of sp³-hybridized carbons (Fsp3) is 0.700. The van der Waals surface area contributed by atoms with Gasteiger partial charge < -0.3 is 5.11 Å². The first-order chi connectivity index (χ1) is 10.3. The second kappa shape index (κ2) is 17.2. The van der Waals surface area contributed by atoms with E-state index in [0.717, 1.165) is 38.0 Å². The van der Waals surface area contributed by atoms with Gasteiger partial charge in [-0.15, -0.1) is 0 Å². The summed E-state index contributed by atoms with van der Waals surface area (Å²) in [6.07, 6.45) is 25.5. The fourth-order valence-electron chi connectivity index (χ4n) is 2.25. The summed E-state index contributed by atoms with van der Waals surface area (Å²) in [5.41, 5.74) is 0. The zero-order chi connectivity index (χ0) is 15.6. The Kier molecular flexibility index (Phi) is 16.6. The van der Waals surface area contributed by atoms with Gasteiger partial charge in [0.1, 0.15) is 0 Å². The molecule has 0 saturated carbocycles. The first-order valence-corrected chi connectivity index (χ1v) is 8.87. The van der Waals surface area contributed by atoms with E-state index in [0.29, 0.717) is 6.61 Å². The Morgan fingerprint density at radius 1 is 0.762 bits per heavy atom. The molecule has 0 aromatic carbocycles. The first kappa shape index (κ1) is 20.2. The molecule has 0 aliphatic carbocycles. The van der Waals surface area contributed by atoms with Crippen LogP contribution in [0.15, 0.2) is 36.5 Å². The highest BCUT2D eigenvalue weighted by molar-refractivity contribution is 4.97. The van der Waals surface area contributed by atoms with E-state index in [2.05, 4.69) is 50.3 Å². The van der Waals surface area contributed by atoms with Crippen molar-refractivity contribution in [3.05, 3.63) is 36.5 Å². The summed E-state index contributed by atoms with van der Waals surface area (Å²) >= 11 is 0. The van der Waals surface area contributed by atoms with Gasteiger partial charge in [-0.05, 0) is 57.3 Å². The lowest BCUT2D eigenvalue weighted by Crippen LogP contribution is -1.95. The van der Waals surface area contributed by atoms with Crippen LogP contribution in [0.1, 0.15) is 78.1 Å². The molecule has 0 aromatic rings. The van der Waals surface area contributed by atoms with Gasteiger partial charge in [-0.3, -0.25) is 0 Å². The van der Waals surface area contributed by atoms with E-state index in [1.165, 1.54) is 32.1 Å². The molecule has 0 fully saturated rings. The molecule has 0 aliphatic rings. The van der Waals surface area contributed by atoms with E-state index in [1.54, 1.807) is 0 Å². The molecule has 1 heteroatoms. The molecule has 0 radical (unpaired) electrons. The minimum Gasteiger partial charge on any atom is -0.396 e. The maximum atomic E-state index is 8.77. The second-order valence-electron chi connectivity index (χ2n) is 5.93. The van der Waals surface area contributed by atoms with Gasteiger partial charge in [-0.25, -0.2) is 0 Å². The fourth-order valence-corrected chi connectivity index (χ4v) is 2.25. The summed E-state index contributed by atoms with van der Waals surface area (Å²) in [7, 11) is 0. The number of hydrogen-bond acceptors (Lipinski definition) is 1. The molecule has 21 heavy (non-hydrogen) atoms. The van der Waals surface area contributed by atoms with Crippen molar-refractivity contribution in [3.8, 4) is 0 Å². The van der Waals surface area contributed by atoms with E-state index < -0.39 is 0 Å². The minimum atomic E-state index is 0.331. The third kappa shape index (κ3) is 17.1. The number of unbranched alkanes of at least 4 members (excludes halogenated alkanes) is 3. The summed E-state index contributed by atoms with van der Waals surface area (Å²) < 4.78 is 0. The van der Waals surface area contributed by atoms with Crippen LogP contribution >= 0.6 is 0 Å². The van der Waals surface area contributed by atoms with Crippen molar-refractivity contribution < 1.29 is 5.11 Å². The smallest absolute Gasteiger partial charge is 0.0431 e. The summed E-state index contributed by atoms with van der Waals surface area (Å²) in [5.74, 6) is 0.732. The third-order valence-electron chi connectivity index (χ3n) is 3.70. The predicted octanol–water partition coefficient (Wildman–Crippen LogP) is 6.20. The Morgan fingerprint density at radius 2 is 1.38 bits per heavy atom. The largest absolute Gasteiger partial charge is 0.396 e. The molecule has 1 unspecified atom stereocenters. The molecule has 0 rings (SSSR count). The zero-order valence-corrected chi connectivity index (χ0v) is 14.3. The highest BCUT2D eigenvalue weighted by Gasteiger charge is 1.99. The third-order valence-corrected chi connectivity index (χ3v) is 3.70. The normalized spacial score (nSPS) is 13.9. The number of aliphatic hydroxyl groups excluding tert-OH is 1. The van der Waals surface area contributed by atoms with Gasteiger partial charge in [0, 0.05) is 6.61 Å². The van der Waals surface area contributed by atoms with Crippen molar-refractivity contribution in [1.29, 1.82) is 0 Å². The van der Waals surface area contributed by atoms with Crippen LogP contribution in [0.4, 0.5) is 0 Å². The van der Waals surface area contributed by atoms with Gasteiger partial charge in [0.2, 0.25) is 0 Å². The summed E-state index contributed by atoms with van der Waals surface area (Å²) in [6, 6.07) is 0. The van der Waals surface area contributed by atoms with E-state index >= 15 is 0 Å². The van der Waals surface area contributed by atoms with E-state index in [4.69, 9.17) is 5.11 Å². The number of aliphatic hydroxyl groups is 1. The molecule has 1 N–H and O–H groups in total. The lowest BCUT2D eigenvalue weighted by molar-refractivity contribution is 0.272. The number of allylic oxidation sites excluding steroid dienone is 6. The molecule has 0 spiro atoms. The van der Waals surface area contributed by atoms with Crippen LogP contribution < -0.4 is 0 Å². The molecule has 0 amide bonds. The van der Waals surface area contributed by atoms with Crippen molar-refractivity contribution >= 4 is 0 Å². The lowest BCUT2D eigenvalue weighted by atomic mass is 10.00. The van der Waals surface area contributed by atoms with Gasteiger partial charge in [0.25, 0.3) is 0 Å². The molecule has 1 atom stereocenters. The highest BCUT2D eigenvalue weighted by atomic mass is 16.2. The van der Waals surface area contributed by atoms with Gasteiger partial charge >= 0.3 is 0 Å². The maximum absolute atomic E-state index is 8.77. The average Bonchev–Trinajstić information content (AvgIpc) is 2.49. The summed E-state index contributed by atoms with van der Waals surface area (Å²) in [6.45, 7) is 4.85. The topological polar surface area (TPSA) is 20.2 Å². The molecular weight excluding hydrogens is 256 g/mol. The standard InChI is InChI=1S/C20H36O/c1-3-4-5-6-7-8-9-10-11-12-13-14-15-17-20(2)18-16-19-21/h7-8,10-11,13-14,20-21H,3-6,9,12,15-19H2,1-2H3. The Balaban J connectivity index is 3.39. The van der Waals surface area contributed by atoms with Crippen LogP contribution in [-0.4, -0.2) is 11.7 Å². The van der Waals surface area contributed by atoms with Crippen LogP contribution in [-0.2, 0) is 0 Å². The van der Waals surface area contributed by atoms with Crippen molar-refractivity contribution in [2.75, 3.05) is 6.61 Å². The molecular formula is C20H36O. The van der Waals surface area contributed by atoms with Crippen molar-refractivity contribution in [2.45, 2.75) is 78.1 Å². The van der Waals surface area contributed by atoms with Crippen LogP contribution in [0.3, 0.4) is 0 Å². The highest BCUT2D eigenvalue weighted by Crippen LogP contribution is 2.12. The van der Waals surface area contributed by atoms with Crippen molar-refractivity contribution in [2.24, 2.45) is 5.92 Å². The Morgan fingerprint density at radius 3 is 2.00 bits per heavy atom. The van der Waals surface area contributed by atoms with Gasteiger partial charge in [0.05, 0.1) is 0 Å². The first-order valence-electron chi connectivity index (χ1n) is 8.87. The Bertz CT molecular complexity index is 276. The monoisotopic (exact) mass is 292 g/mol. The Labute approximate surface area is 132 Å². The Hall–Kier alpha value is -0.820. The van der Waals surface area contributed by atoms with Crippen molar-refractivity contribution in [1.82, 2.24) is 0 Å². The predicted molar refractivity (Wildman–Crippen MR) is 95.5 cm³/mol. The van der Waals surface area contributed by atoms with Gasteiger partial charge in [-0.2, -0.15) is 0 Å². The molecule has 1 nitrogen and oxygen atoms in total. The van der Waals surface area contributed by atoms with Gasteiger partial charge in [0.15, 0.2) is 0 Å². The van der Waals surface area contributed by atoms with Gasteiger partial charge in [-0.1, -0.05) is 63.1 Å². The maximum Gasteiger partial charge on any atom is 0.0431 e. The molecule has 0 heterocycles. The molecule has 0 aromatic heterocycles. The minimum absolute atomic E-state index is 0.331. The van der Waals surface area contributed by atoms with Crippen LogP contribution in [0.25, 0.3) is 0 Å². The number of rotatable bonds is 14. The van der Waals surface area contributed by atoms with E-state index in [-0.39, 0.29) is 0 Å². The van der Waals surface area contributed by atoms with E-state index in [1.807, 2.05) is 0 Å². The summed E-state index contributed by atoms with van der Waals surface area (Å²) in [5, 5.41) is 8.77. The van der Waals surface area contributed by atoms with Crippen LogP contribution in [0.5, 0.6) is 0 Å². The second-order valence-corrected chi connectivity index (χ2v) is 5.93. The SMILES string of the molecule is CCCCCC=CCC=CCC=CCCC(C)CCCO. The van der Waals surface area contributed by atoms with Crippen molar-refractivity contribution in [3.63, 3.8) is 0 Å². The van der Waals surface area contributed by atoms with Crippen LogP contribution in [0.2, 0.25) is 0 Å². The molecule has 122 valence electrons. The van der Waals surface area contributed by atoms with Crippen LogP contribution in [0, 0.1) is 5.92 Å². The van der Waals surface area contributed by atoms with E-state index in [9.17, 15) is 0 Å². The molecule has 0 aliphatic heterocycles. The molecule has 0 bridgehead atoms. The molecule has 0 saturated heterocycles. The number of hydrogen-bond donors (Lipinski definition) is 1. The summed E-state index contributed by atoms with van der Waals surface area (Å²) in [4.78, 5) is 0.